The van der Waals surface area contributed by atoms with E-state index in [0.717, 1.165) is 0 Å². The highest BCUT2D eigenvalue weighted by molar-refractivity contribution is 9.11. The van der Waals surface area contributed by atoms with Crippen molar-refractivity contribution >= 4 is 65.8 Å². The van der Waals surface area contributed by atoms with Crippen LogP contribution in [0.15, 0.2) is 25.1 Å². The van der Waals surface area contributed by atoms with Crippen molar-refractivity contribution in [2.75, 3.05) is 0 Å². The Morgan fingerprint density at radius 3 is 2.14 bits per heavy atom. The molecule has 0 aromatic heterocycles. The summed E-state index contributed by atoms with van der Waals surface area (Å²) in [5.74, 6) is -2.90. The van der Waals surface area contributed by atoms with Crippen LogP contribution in [0.1, 0.15) is 19.4 Å². The molecule has 0 bridgehead atoms. The van der Waals surface area contributed by atoms with E-state index in [4.69, 9.17) is 9.47 Å². The van der Waals surface area contributed by atoms with Crippen LogP contribution in [0.3, 0.4) is 0 Å². The Morgan fingerprint density at radius 1 is 1.10 bits per heavy atom. The summed E-state index contributed by atoms with van der Waals surface area (Å²) in [5.41, 5.74) is 0.164. The van der Waals surface area contributed by atoms with Crippen molar-refractivity contribution in [3.05, 3.63) is 30.6 Å². The standard InChI is InChI=1S/C13H9Br3O5/c1-13(2)20-11(18)6(12(19)21-13)3-5-7(14)4-8(15)10(17)9(5)16/h3-4,17H,1-2H3. The van der Waals surface area contributed by atoms with E-state index in [9.17, 15) is 14.7 Å². The van der Waals surface area contributed by atoms with Crippen LogP contribution in [0.25, 0.3) is 6.08 Å². The Kier molecular flexibility index (Phi) is 4.51. The number of ether oxygens (including phenoxy) is 2. The molecule has 1 saturated heterocycles. The van der Waals surface area contributed by atoms with E-state index in [0.29, 0.717) is 19.0 Å². The number of carbonyl (C=O) groups excluding carboxylic acids is 2. The van der Waals surface area contributed by atoms with Crippen molar-refractivity contribution < 1.29 is 24.2 Å². The molecule has 0 unspecified atom stereocenters. The first-order valence-corrected chi connectivity index (χ1v) is 8.05. The van der Waals surface area contributed by atoms with Crippen molar-refractivity contribution in [2.45, 2.75) is 19.6 Å². The fraction of sp³-hybridized carbons (Fsp3) is 0.231. The van der Waals surface area contributed by atoms with Gasteiger partial charge < -0.3 is 14.6 Å². The van der Waals surface area contributed by atoms with Crippen LogP contribution in [0.2, 0.25) is 0 Å². The van der Waals surface area contributed by atoms with Gasteiger partial charge in [0.25, 0.3) is 5.79 Å². The Labute approximate surface area is 145 Å². The SMILES string of the molecule is CC1(C)OC(=O)C(=Cc2c(Br)cc(Br)c(O)c2Br)C(=O)O1. The second kappa shape index (κ2) is 5.73. The Hall–Kier alpha value is -0.860. The number of phenols is 1. The Balaban J connectivity index is 2.53. The van der Waals surface area contributed by atoms with Gasteiger partial charge in [0.05, 0.1) is 8.95 Å². The lowest BCUT2D eigenvalue weighted by atomic mass is 10.1. The third kappa shape index (κ3) is 3.32. The molecule has 0 atom stereocenters. The maximum absolute atomic E-state index is 11.9. The molecule has 1 heterocycles. The van der Waals surface area contributed by atoms with Crippen LogP contribution in [-0.2, 0) is 19.1 Å². The second-order valence-corrected chi connectivity index (χ2v) is 7.16. The van der Waals surface area contributed by atoms with Crippen molar-refractivity contribution in [1.29, 1.82) is 0 Å². The fourth-order valence-electron chi connectivity index (χ4n) is 1.65. The van der Waals surface area contributed by atoms with Gasteiger partial charge in [-0.1, -0.05) is 15.9 Å². The van der Waals surface area contributed by atoms with E-state index in [1.807, 2.05) is 0 Å². The highest BCUT2D eigenvalue weighted by Crippen LogP contribution is 2.40. The summed E-state index contributed by atoms with van der Waals surface area (Å²) in [4.78, 5) is 23.8. The summed E-state index contributed by atoms with van der Waals surface area (Å²) < 4.78 is 11.4. The van der Waals surface area contributed by atoms with E-state index in [-0.39, 0.29) is 11.3 Å². The molecule has 8 heteroatoms. The normalized spacial score (nSPS) is 17.3. The lowest BCUT2D eigenvalue weighted by molar-refractivity contribution is -0.222. The van der Waals surface area contributed by atoms with Crippen LogP contribution in [0, 0.1) is 0 Å². The summed E-state index contributed by atoms with van der Waals surface area (Å²) in [5, 5.41) is 9.88. The predicted octanol–water partition coefficient (Wildman–Crippen LogP) is 3.90. The Bertz CT molecular complexity index is 657. The number of cyclic esters (lactones) is 2. The van der Waals surface area contributed by atoms with E-state index >= 15 is 0 Å². The van der Waals surface area contributed by atoms with Crippen LogP contribution in [0.5, 0.6) is 5.75 Å². The minimum Gasteiger partial charge on any atom is -0.506 e. The minimum absolute atomic E-state index is 0.0528. The van der Waals surface area contributed by atoms with Crippen LogP contribution in [0.4, 0.5) is 0 Å². The number of carbonyl (C=O) groups is 2. The molecule has 0 amide bonds. The van der Waals surface area contributed by atoms with Gasteiger partial charge in [0.15, 0.2) is 0 Å². The molecule has 21 heavy (non-hydrogen) atoms. The molecule has 1 aliphatic heterocycles. The molecule has 1 aromatic rings. The zero-order chi connectivity index (χ0) is 15.9. The van der Waals surface area contributed by atoms with E-state index < -0.39 is 17.7 Å². The van der Waals surface area contributed by atoms with Gasteiger partial charge in [0.1, 0.15) is 11.3 Å². The third-order valence-corrected chi connectivity index (χ3v) is 4.65. The lowest BCUT2D eigenvalue weighted by Crippen LogP contribution is -2.41. The van der Waals surface area contributed by atoms with Gasteiger partial charge in [0, 0.05) is 23.9 Å². The zero-order valence-corrected chi connectivity index (χ0v) is 15.6. The molecule has 0 radical (unpaired) electrons. The van der Waals surface area contributed by atoms with Crippen molar-refractivity contribution in [3.63, 3.8) is 0 Å². The quantitative estimate of drug-likeness (QED) is 0.372. The van der Waals surface area contributed by atoms with Gasteiger partial charge in [-0.2, -0.15) is 0 Å². The van der Waals surface area contributed by atoms with Gasteiger partial charge in [-0.3, -0.25) is 0 Å². The molecule has 0 saturated carbocycles. The zero-order valence-electron chi connectivity index (χ0n) is 10.9. The fourth-order valence-corrected chi connectivity index (χ4v) is 4.00. The van der Waals surface area contributed by atoms with E-state index in [1.165, 1.54) is 19.9 Å². The first-order valence-electron chi connectivity index (χ1n) is 5.67. The highest BCUT2D eigenvalue weighted by atomic mass is 79.9. The predicted molar refractivity (Wildman–Crippen MR) is 85.4 cm³/mol. The first-order chi connectivity index (χ1) is 9.62. The molecule has 112 valence electrons. The molecule has 1 fully saturated rings. The summed E-state index contributed by atoms with van der Waals surface area (Å²) >= 11 is 9.69. The maximum Gasteiger partial charge on any atom is 0.348 e. The molecule has 0 aliphatic carbocycles. The number of halogens is 3. The number of hydrogen-bond donors (Lipinski definition) is 1. The maximum atomic E-state index is 11.9. The van der Waals surface area contributed by atoms with Crippen molar-refractivity contribution in [1.82, 2.24) is 0 Å². The van der Waals surface area contributed by atoms with Gasteiger partial charge in [-0.25, -0.2) is 9.59 Å². The number of esters is 2. The van der Waals surface area contributed by atoms with Crippen molar-refractivity contribution in [2.24, 2.45) is 0 Å². The first kappa shape index (κ1) is 16.5. The summed E-state index contributed by atoms with van der Waals surface area (Å²) in [7, 11) is 0. The van der Waals surface area contributed by atoms with Gasteiger partial charge in [0.2, 0.25) is 0 Å². The average molecular weight is 485 g/mol. The number of phenolic OH excluding ortho intramolecular Hbond substituents is 1. The van der Waals surface area contributed by atoms with Gasteiger partial charge >= 0.3 is 11.9 Å². The molecule has 1 aliphatic rings. The summed E-state index contributed by atoms with van der Waals surface area (Å²) in [6.45, 7) is 2.94. The molecule has 1 N–H and O–H groups in total. The van der Waals surface area contributed by atoms with Gasteiger partial charge in [-0.05, 0) is 44.0 Å². The molecular formula is C13H9Br3O5. The average Bonchev–Trinajstić information content (AvgIpc) is 2.33. The largest absolute Gasteiger partial charge is 0.506 e. The Morgan fingerprint density at radius 2 is 1.62 bits per heavy atom. The van der Waals surface area contributed by atoms with E-state index in [2.05, 4.69) is 47.8 Å². The summed E-state index contributed by atoms with van der Waals surface area (Å²) in [6.07, 6.45) is 1.29. The number of hydrogen-bond acceptors (Lipinski definition) is 5. The highest BCUT2D eigenvalue weighted by Gasteiger charge is 2.39. The minimum atomic E-state index is -1.29. The lowest BCUT2D eigenvalue weighted by Gasteiger charge is -2.29. The second-order valence-electron chi connectivity index (χ2n) is 4.65. The molecule has 2 rings (SSSR count). The molecule has 0 spiro atoms. The van der Waals surface area contributed by atoms with Crippen LogP contribution < -0.4 is 0 Å². The van der Waals surface area contributed by atoms with Crippen molar-refractivity contribution in [3.8, 4) is 5.75 Å². The monoisotopic (exact) mass is 482 g/mol. The smallest absolute Gasteiger partial charge is 0.348 e. The van der Waals surface area contributed by atoms with Crippen LogP contribution in [-0.4, -0.2) is 22.8 Å². The third-order valence-electron chi connectivity index (χ3n) is 2.59. The summed E-state index contributed by atoms with van der Waals surface area (Å²) in [6, 6.07) is 1.59. The number of aromatic hydroxyl groups is 1. The topological polar surface area (TPSA) is 72.8 Å². The van der Waals surface area contributed by atoms with Crippen LogP contribution >= 0.6 is 47.8 Å². The number of rotatable bonds is 1. The van der Waals surface area contributed by atoms with E-state index in [1.54, 1.807) is 6.07 Å². The molecule has 5 nitrogen and oxygen atoms in total. The van der Waals surface area contributed by atoms with Gasteiger partial charge in [-0.15, -0.1) is 0 Å². The number of benzene rings is 1. The molecule has 1 aromatic carbocycles. The molecular weight excluding hydrogens is 476 g/mol.